The van der Waals surface area contributed by atoms with Gasteiger partial charge in [0.15, 0.2) is 5.82 Å². The normalized spacial score (nSPS) is 11.6. The minimum atomic E-state index is -3.76. The van der Waals surface area contributed by atoms with Crippen LogP contribution in [0.1, 0.15) is 21.6 Å². The van der Waals surface area contributed by atoms with E-state index in [1.807, 2.05) is 29.7 Å². The molecule has 1 N–H and O–H groups in total. The maximum Gasteiger partial charge on any atom is 0.263 e. The molecule has 7 heteroatoms. The van der Waals surface area contributed by atoms with Crippen molar-refractivity contribution < 1.29 is 13.2 Å². The molecule has 0 saturated carbocycles. The zero-order valence-electron chi connectivity index (χ0n) is 12.6. The smallest absolute Gasteiger partial charge is 0.263 e. The molecule has 0 amide bonds. The van der Waals surface area contributed by atoms with Crippen molar-refractivity contribution in [2.75, 3.05) is 4.72 Å². The zero-order valence-corrected chi connectivity index (χ0v) is 13.5. The SMILES string of the molecule is Cc1cccn2c(C)c(NS(=O)(=O)c3ccc(C=O)cc3)nc12. The summed E-state index contributed by atoms with van der Waals surface area (Å²) in [5.41, 5.74) is 2.79. The number of carbonyl (C=O) groups is 1. The largest absolute Gasteiger partial charge is 0.302 e. The summed E-state index contributed by atoms with van der Waals surface area (Å²) in [6.45, 7) is 3.71. The van der Waals surface area contributed by atoms with Crippen LogP contribution in [0.4, 0.5) is 5.82 Å². The van der Waals surface area contributed by atoms with E-state index in [-0.39, 0.29) is 4.90 Å². The van der Waals surface area contributed by atoms with Crippen molar-refractivity contribution in [3.63, 3.8) is 0 Å². The van der Waals surface area contributed by atoms with Gasteiger partial charge < -0.3 is 4.40 Å². The van der Waals surface area contributed by atoms with Gasteiger partial charge in [0.25, 0.3) is 10.0 Å². The second-order valence-electron chi connectivity index (χ2n) is 5.22. The van der Waals surface area contributed by atoms with E-state index in [1.165, 1.54) is 24.3 Å². The number of nitrogens with zero attached hydrogens (tertiary/aromatic N) is 2. The van der Waals surface area contributed by atoms with Crippen LogP contribution in [0.3, 0.4) is 0 Å². The van der Waals surface area contributed by atoms with Gasteiger partial charge in [-0.3, -0.25) is 9.52 Å². The summed E-state index contributed by atoms with van der Waals surface area (Å²) in [7, 11) is -3.76. The Morgan fingerprint density at radius 3 is 2.43 bits per heavy atom. The van der Waals surface area contributed by atoms with Crippen LogP contribution < -0.4 is 4.72 Å². The van der Waals surface area contributed by atoms with E-state index in [4.69, 9.17) is 0 Å². The number of aromatic nitrogens is 2. The average molecular weight is 329 g/mol. The number of imidazole rings is 1. The van der Waals surface area contributed by atoms with E-state index in [2.05, 4.69) is 9.71 Å². The summed E-state index contributed by atoms with van der Waals surface area (Å²) >= 11 is 0. The van der Waals surface area contributed by atoms with Gasteiger partial charge in [0, 0.05) is 11.8 Å². The van der Waals surface area contributed by atoms with Gasteiger partial charge in [0.05, 0.1) is 10.6 Å². The third-order valence-corrected chi connectivity index (χ3v) is 5.00. The molecule has 6 nitrogen and oxygen atoms in total. The Morgan fingerprint density at radius 1 is 1.13 bits per heavy atom. The monoisotopic (exact) mass is 329 g/mol. The number of hydrogen-bond acceptors (Lipinski definition) is 4. The first-order valence-electron chi connectivity index (χ1n) is 6.95. The lowest BCUT2D eigenvalue weighted by Crippen LogP contribution is -2.14. The molecule has 0 radical (unpaired) electrons. The molecule has 2 heterocycles. The van der Waals surface area contributed by atoms with Gasteiger partial charge in [-0.25, -0.2) is 13.4 Å². The Balaban J connectivity index is 2.01. The summed E-state index contributed by atoms with van der Waals surface area (Å²) in [5.74, 6) is 0.291. The van der Waals surface area contributed by atoms with Gasteiger partial charge in [-0.05, 0) is 37.6 Å². The number of benzene rings is 1. The number of fused-ring (bicyclic) bond motifs is 1. The summed E-state index contributed by atoms with van der Waals surface area (Å²) in [4.78, 5) is 15.1. The molecular formula is C16H15N3O3S. The molecule has 2 aromatic heterocycles. The number of nitrogens with one attached hydrogen (secondary N) is 1. The number of aldehydes is 1. The van der Waals surface area contributed by atoms with Gasteiger partial charge in [0.2, 0.25) is 0 Å². The Labute approximate surface area is 133 Å². The van der Waals surface area contributed by atoms with Gasteiger partial charge in [-0.2, -0.15) is 0 Å². The van der Waals surface area contributed by atoms with Crippen LogP contribution in [0.2, 0.25) is 0 Å². The van der Waals surface area contributed by atoms with Crippen LogP contribution in [0.15, 0.2) is 47.5 Å². The lowest BCUT2D eigenvalue weighted by Gasteiger charge is -2.06. The molecule has 0 aliphatic rings. The highest BCUT2D eigenvalue weighted by atomic mass is 32.2. The van der Waals surface area contributed by atoms with Crippen LogP contribution in [-0.4, -0.2) is 24.1 Å². The number of hydrogen-bond donors (Lipinski definition) is 1. The molecule has 0 fully saturated rings. The lowest BCUT2D eigenvalue weighted by molar-refractivity contribution is 0.112. The fourth-order valence-corrected chi connectivity index (χ4v) is 3.39. The molecule has 118 valence electrons. The van der Waals surface area contributed by atoms with Crippen molar-refractivity contribution in [2.45, 2.75) is 18.7 Å². The maximum atomic E-state index is 12.5. The van der Waals surface area contributed by atoms with Crippen molar-refractivity contribution in [3.05, 3.63) is 59.4 Å². The number of anilines is 1. The van der Waals surface area contributed by atoms with Crippen molar-refractivity contribution >= 4 is 27.8 Å². The fourth-order valence-electron chi connectivity index (χ4n) is 2.33. The Morgan fingerprint density at radius 2 is 1.83 bits per heavy atom. The van der Waals surface area contributed by atoms with E-state index >= 15 is 0 Å². The molecule has 0 atom stereocenters. The predicted octanol–water partition coefficient (Wildman–Crippen LogP) is 2.56. The van der Waals surface area contributed by atoms with Crippen LogP contribution in [0, 0.1) is 13.8 Å². The number of pyridine rings is 1. The first-order chi connectivity index (χ1) is 10.9. The molecule has 0 aliphatic carbocycles. The minimum absolute atomic E-state index is 0.0799. The number of rotatable bonds is 4. The summed E-state index contributed by atoms with van der Waals surface area (Å²) in [6.07, 6.45) is 2.50. The first-order valence-corrected chi connectivity index (χ1v) is 8.43. The van der Waals surface area contributed by atoms with Gasteiger partial charge in [-0.1, -0.05) is 18.2 Å². The summed E-state index contributed by atoms with van der Waals surface area (Å²) in [6, 6.07) is 9.50. The molecule has 1 aromatic carbocycles. The maximum absolute atomic E-state index is 12.5. The lowest BCUT2D eigenvalue weighted by atomic mass is 10.2. The van der Waals surface area contributed by atoms with Crippen molar-refractivity contribution in [1.82, 2.24) is 9.38 Å². The fraction of sp³-hybridized carbons (Fsp3) is 0.125. The quantitative estimate of drug-likeness (QED) is 0.746. The second kappa shape index (κ2) is 5.51. The topological polar surface area (TPSA) is 80.5 Å². The van der Waals surface area contributed by atoms with Gasteiger partial charge >= 0.3 is 0 Å². The molecule has 0 spiro atoms. The van der Waals surface area contributed by atoms with E-state index < -0.39 is 10.0 Å². The minimum Gasteiger partial charge on any atom is -0.302 e. The zero-order chi connectivity index (χ0) is 16.6. The third-order valence-electron chi connectivity index (χ3n) is 3.64. The predicted molar refractivity (Wildman–Crippen MR) is 87.3 cm³/mol. The van der Waals surface area contributed by atoms with Crippen molar-refractivity contribution in [3.8, 4) is 0 Å². The molecule has 0 aliphatic heterocycles. The van der Waals surface area contributed by atoms with Crippen molar-refractivity contribution in [1.29, 1.82) is 0 Å². The van der Waals surface area contributed by atoms with Crippen LogP contribution in [0.25, 0.3) is 5.65 Å². The molecule has 3 aromatic rings. The third kappa shape index (κ3) is 2.70. The molecule has 0 saturated heterocycles. The molecule has 23 heavy (non-hydrogen) atoms. The van der Waals surface area contributed by atoms with Gasteiger partial charge in [0.1, 0.15) is 11.9 Å². The average Bonchev–Trinajstić information content (AvgIpc) is 2.85. The van der Waals surface area contributed by atoms with E-state index in [0.717, 1.165) is 5.56 Å². The van der Waals surface area contributed by atoms with Gasteiger partial charge in [-0.15, -0.1) is 0 Å². The van der Waals surface area contributed by atoms with Crippen LogP contribution in [-0.2, 0) is 10.0 Å². The Bertz CT molecular complexity index is 989. The Kier molecular flexibility index (Phi) is 3.65. The number of sulfonamides is 1. The molecule has 3 rings (SSSR count). The molecular weight excluding hydrogens is 314 g/mol. The second-order valence-corrected chi connectivity index (χ2v) is 6.91. The van der Waals surface area contributed by atoms with Crippen LogP contribution in [0.5, 0.6) is 0 Å². The standard InChI is InChI=1S/C16H15N3O3S/c1-11-4-3-9-19-12(2)15(17-16(11)19)18-23(21,22)14-7-5-13(10-20)6-8-14/h3-10,18H,1-2H3. The van der Waals surface area contributed by atoms with Crippen molar-refractivity contribution in [2.24, 2.45) is 0 Å². The molecule has 0 unspecified atom stereocenters. The number of aryl methyl sites for hydroxylation is 2. The summed E-state index contributed by atoms with van der Waals surface area (Å²) in [5, 5.41) is 0. The van der Waals surface area contributed by atoms with Crippen LogP contribution >= 0.6 is 0 Å². The first kappa shape index (κ1) is 15.2. The highest BCUT2D eigenvalue weighted by Crippen LogP contribution is 2.22. The highest BCUT2D eigenvalue weighted by Gasteiger charge is 2.18. The number of carbonyl (C=O) groups excluding carboxylic acids is 1. The van der Waals surface area contributed by atoms with E-state index in [0.29, 0.717) is 29.0 Å². The highest BCUT2D eigenvalue weighted by molar-refractivity contribution is 7.92. The Hall–Kier alpha value is -2.67. The van der Waals surface area contributed by atoms with E-state index in [1.54, 1.807) is 6.92 Å². The summed E-state index contributed by atoms with van der Waals surface area (Å²) < 4.78 is 29.3. The van der Waals surface area contributed by atoms with E-state index in [9.17, 15) is 13.2 Å². The molecule has 0 bridgehead atoms.